The first-order valence-electron chi connectivity index (χ1n) is 17.1. The number of benzene rings is 2. The molecule has 16 heteroatoms. The molecule has 3 aromatic rings. The van der Waals surface area contributed by atoms with E-state index in [-0.39, 0.29) is 12.2 Å². The zero-order valence-electron chi connectivity index (χ0n) is 29.5. The maximum atomic E-state index is 12.4. The van der Waals surface area contributed by atoms with Gasteiger partial charge in [0.15, 0.2) is 5.13 Å². The predicted molar refractivity (Wildman–Crippen MR) is 198 cm³/mol. The van der Waals surface area contributed by atoms with Gasteiger partial charge in [0, 0.05) is 43.7 Å². The number of ether oxygens (including phenoxy) is 2. The lowest BCUT2D eigenvalue weighted by atomic mass is 9.88. The second-order valence-corrected chi connectivity index (χ2v) is 15.4. The highest BCUT2D eigenvalue weighted by Crippen LogP contribution is 2.32. The molecule has 52 heavy (non-hydrogen) atoms. The highest BCUT2D eigenvalue weighted by Gasteiger charge is 2.38. The Bertz CT molecular complexity index is 1610. The number of amides is 1. The number of nitrogens with zero attached hydrogens (tertiary/aromatic N) is 4. The molecule has 1 unspecified atom stereocenters. The molecule has 0 aliphatic carbocycles. The van der Waals surface area contributed by atoms with Gasteiger partial charge in [-0.05, 0) is 114 Å². The van der Waals surface area contributed by atoms with E-state index in [1.54, 1.807) is 16.2 Å². The molecule has 286 valence electrons. The number of carboxylic acid groups (broad SMARTS) is 1. The van der Waals surface area contributed by atoms with Crippen molar-refractivity contribution in [1.29, 1.82) is 0 Å². The average molecular weight is 789 g/mol. The summed E-state index contributed by atoms with van der Waals surface area (Å²) in [6, 6.07) is 14.2. The number of aromatic nitrogens is 1. The number of nitrogens with two attached hydrogens (primary N) is 1. The van der Waals surface area contributed by atoms with E-state index in [4.69, 9.17) is 53.3 Å². The number of likely N-dealkylation sites (tertiary alicyclic amines) is 1. The number of thiazole rings is 1. The van der Waals surface area contributed by atoms with Crippen LogP contribution in [-0.4, -0.2) is 95.6 Å². The van der Waals surface area contributed by atoms with Gasteiger partial charge in [-0.3, -0.25) is 4.90 Å². The molecular weight excluding hydrogens is 742 g/mol. The Balaban J connectivity index is 0.000000785. The standard InChI is InChI=1S/C34H45Cl2N5O3S.C2HF3O2/c1-34(2,3)44-33(42)41-19-17-40(18-20-41)32-38-30(23-45-32)25-7-9-27(10-8-25)43-31(5-4-14-37)26-12-15-39(16-13-26)22-24-6-11-28(35)29(36)21-24;3-2(4,5)1(6)7/h6-11,21,23,26,31H,4-5,12-20,22,37H2,1-3H3;(H,6,7). The SMILES string of the molecule is CC(C)(C)OC(=O)N1CCN(c2nc(-c3ccc(OC(CCCN)C4CCN(Cc5ccc(Cl)c(Cl)c5)CC4)cc3)cs2)CC1.O=C(O)C(F)(F)F. The van der Waals surface area contributed by atoms with Crippen LogP contribution in [0.5, 0.6) is 5.75 Å². The molecule has 3 N–H and O–H groups in total. The Hall–Kier alpha value is -3.30. The molecule has 5 rings (SSSR count). The van der Waals surface area contributed by atoms with Crippen LogP contribution in [0, 0.1) is 5.92 Å². The summed E-state index contributed by atoms with van der Waals surface area (Å²) in [5.41, 5.74) is 8.60. The first kappa shape index (κ1) is 41.5. The van der Waals surface area contributed by atoms with Crippen molar-refractivity contribution in [2.75, 3.05) is 50.7 Å². The molecule has 2 fully saturated rings. The van der Waals surface area contributed by atoms with Gasteiger partial charge in [0.2, 0.25) is 0 Å². The Morgan fingerprint density at radius 2 is 1.63 bits per heavy atom. The molecule has 1 atom stereocenters. The van der Waals surface area contributed by atoms with Gasteiger partial charge >= 0.3 is 18.2 Å². The Labute approximate surface area is 316 Å². The smallest absolute Gasteiger partial charge is 0.490 e. The topological polar surface area (TPSA) is 121 Å². The van der Waals surface area contributed by atoms with Crippen molar-refractivity contribution in [2.24, 2.45) is 11.7 Å². The van der Waals surface area contributed by atoms with Gasteiger partial charge in [-0.1, -0.05) is 29.3 Å². The van der Waals surface area contributed by atoms with Crippen LogP contribution >= 0.6 is 34.5 Å². The molecule has 0 saturated carbocycles. The Morgan fingerprint density at radius 1 is 1.00 bits per heavy atom. The molecule has 2 aliphatic heterocycles. The van der Waals surface area contributed by atoms with Crippen LogP contribution in [0.4, 0.5) is 23.1 Å². The van der Waals surface area contributed by atoms with Gasteiger partial charge in [-0.25, -0.2) is 14.6 Å². The summed E-state index contributed by atoms with van der Waals surface area (Å²) in [5, 5.41) is 11.4. The number of piperazine rings is 1. The fourth-order valence-electron chi connectivity index (χ4n) is 5.92. The van der Waals surface area contributed by atoms with Gasteiger partial charge in [0.05, 0.1) is 15.7 Å². The predicted octanol–water partition coefficient (Wildman–Crippen LogP) is 8.21. The molecule has 0 bridgehead atoms. The van der Waals surface area contributed by atoms with Crippen LogP contribution < -0.4 is 15.4 Å². The monoisotopic (exact) mass is 787 g/mol. The highest BCUT2D eigenvalue weighted by atomic mass is 35.5. The number of alkyl halides is 3. The first-order valence-corrected chi connectivity index (χ1v) is 18.8. The van der Waals surface area contributed by atoms with E-state index in [1.807, 2.05) is 32.9 Å². The number of hydrogen-bond donors (Lipinski definition) is 2. The Morgan fingerprint density at radius 3 is 2.19 bits per heavy atom. The fourth-order valence-corrected chi connectivity index (χ4v) is 7.13. The molecular formula is C36H46Cl2F3N5O5S. The number of hydrogen-bond acceptors (Lipinski definition) is 9. The molecule has 3 heterocycles. The number of piperidine rings is 1. The minimum absolute atomic E-state index is 0.136. The summed E-state index contributed by atoms with van der Waals surface area (Å²) in [6.45, 7) is 12.0. The quantitative estimate of drug-likeness (QED) is 0.210. The third-order valence-corrected chi connectivity index (χ3v) is 10.3. The lowest BCUT2D eigenvalue weighted by molar-refractivity contribution is -0.192. The molecule has 2 aromatic carbocycles. The first-order chi connectivity index (χ1) is 24.5. The average Bonchev–Trinajstić information content (AvgIpc) is 3.59. The number of carbonyl (C=O) groups excluding carboxylic acids is 1. The number of anilines is 1. The minimum atomic E-state index is -5.08. The van der Waals surface area contributed by atoms with Crippen molar-refractivity contribution >= 4 is 51.7 Å². The molecule has 2 saturated heterocycles. The van der Waals surface area contributed by atoms with Crippen LogP contribution in [0.1, 0.15) is 52.0 Å². The van der Waals surface area contributed by atoms with Gasteiger partial charge in [0.25, 0.3) is 0 Å². The lowest BCUT2D eigenvalue weighted by Crippen LogP contribution is -2.50. The molecule has 0 spiro atoms. The van der Waals surface area contributed by atoms with Crippen LogP contribution in [0.15, 0.2) is 47.8 Å². The number of carbonyl (C=O) groups is 2. The summed E-state index contributed by atoms with van der Waals surface area (Å²) in [4.78, 5) is 32.7. The summed E-state index contributed by atoms with van der Waals surface area (Å²) in [7, 11) is 0. The third-order valence-electron chi connectivity index (χ3n) is 8.61. The molecule has 1 amide bonds. The third kappa shape index (κ3) is 12.7. The van der Waals surface area contributed by atoms with Crippen LogP contribution in [0.2, 0.25) is 10.0 Å². The van der Waals surface area contributed by atoms with Crippen molar-refractivity contribution in [3.8, 4) is 17.0 Å². The van der Waals surface area contributed by atoms with E-state index in [0.717, 1.165) is 80.5 Å². The van der Waals surface area contributed by atoms with Crippen LogP contribution in [0.3, 0.4) is 0 Å². The summed E-state index contributed by atoms with van der Waals surface area (Å²) in [6.07, 6.45) is -1.13. The molecule has 10 nitrogen and oxygen atoms in total. The van der Waals surface area contributed by atoms with Gasteiger partial charge in [-0.2, -0.15) is 13.2 Å². The van der Waals surface area contributed by atoms with Gasteiger partial charge in [-0.15, -0.1) is 11.3 Å². The number of rotatable bonds is 10. The van der Waals surface area contributed by atoms with Crippen LogP contribution in [0.25, 0.3) is 11.3 Å². The summed E-state index contributed by atoms with van der Waals surface area (Å²) < 4.78 is 43.9. The molecule has 0 radical (unpaired) electrons. The van der Waals surface area contributed by atoms with Crippen LogP contribution in [-0.2, 0) is 16.1 Å². The van der Waals surface area contributed by atoms with Crippen molar-refractivity contribution in [2.45, 2.75) is 70.9 Å². The fraction of sp³-hybridized carbons (Fsp3) is 0.528. The van der Waals surface area contributed by atoms with E-state index >= 15 is 0 Å². The maximum Gasteiger partial charge on any atom is 0.490 e. The second-order valence-electron chi connectivity index (χ2n) is 13.7. The minimum Gasteiger partial charge on any atom is -0.490 e. The zero-order chi connectivity index (χ0) is 38.1. The molecule has 2 aliphatic rings. The van der Waals surface area contributed by atoms with Crippen molar-refractivity contribution < 1.29 is 37.3 Å². The summed E-state index contributed by atoms with van der Waals surface area (Å²) in [5.74, 6) is -1.39. The molecule has 1 aromatic heterocycles. The van der Waals surface area contributed by atoms with Crippen molar-refractivity contribution in [3.63, 3.8) is 0 Å². The highest BCUT2D eigenvalue weighted by molar-refractivity contribution is 7.14. The number of halogens is 5. The lowest BCUT2D eigenvalue weighted by Gasteiger charge is -2.36. The largest absolute Gasteiger partial charge is 0.490 e. The Kier molecular flexibility index (Phi) is 14.9. The van der Waals surface area contributed by atoms with E-state index < -0.39 is 17.7 Å². The number of aliphatic carboxylic acids is 1. The van der Waals surface area contributed by atoms with E-state index in [0.29, 0.717) is 35.6 Å². The normalized spacial score (nSPS) is 16.6. The second kappa shape index (κ2) is 18.6. The van der Waals surface area contributed by atoms with Gasteiger partial charge in [0.1, 0.15) is 17.5 Å². The summed E-state index contributed by atoms with van der Waals surface area (Å²) >= 11 is 14.0. The zero-order valence-corrected chi connectivity index (χ0v) is 31.8. The van der Waals surface area contributed by atoms with Gasteiger partial charge < -0.3 is 30.1 Å². The maximum absolute atomic E-state index is 12.4. The van der Waals surface area contributed by atoms with Crippen molar-refractivity contribution in [3.05, 3.63) is 63.5 Å². The van der Waals surface area contributed by atoms with Crippen molar-refractivity contribution in [1.82, 2.24) is 14.8 Å². The number of carboxylic acids is 1. The van der Waals surface area contributed by atoms with E-state index in [9.17, 15) is 18.0 Å². The van der Waals surface area contributed by atoms with E-state index in [1.165, 1.54) is 5.56 Å². The van der Waals surface area contributed by atoms with E-state index in [2.05, 4.69) is 45.5 Å².